The summed E-state index contributed by atoms with van der Waals surface area (Å²) in [7, 11) is 0. The maximum absolute atomic E-state index is 12.4. The molecule has 1 aliphatic heterocycles. The van der Waals surface area contributed by atoms with Crippen LogP contribution in [0.25, 0.3) is 0 Å². The molecule has 0 aliphatic carbocycles. The number of nitrogens with two attached hydrogens (primary N) is 1. The Morgan fingerprint density at radius 3 is 2.70 bits per heavy atom. The summed E-state index contributed by atoms with van der Waals surface area (Å²) in [5.74, 6) is -0.196. The van der Waals surface area contributed by atoms with Crippen LogP contribution in [0.4, 0.5) is 5.69 Å². The van der Waals surface area contributed by atoms with E-state index in [9.17, 15) is 4.79 Å². The minimum Gasteiger partial charge on any atom is -0.327 e. The number of piperidine rings is 1. The number of hydrogen-bond donors (Lipinski definition) is 2. The Balaban J connectivity index is 0.00000261. The van der Waals surface area contributed by atoms with Crippen LogP contribution in [0.5, 0.6) is 0 Å². The number of carbonyl (C=O) groups is 1. The first kappa shape index (κ1) is 21.7. The van der Waals surface area contributed by atoms with Gasteiger partial charge in [-0.2, -0.15) is 0 Å². The fourth-order valence-electron chi connectivity index (χ4n) is 3.47. The Bertz CT molecular complexity index is 795. The van der Waals surface area contributed by atoms with Gasteiger partial charge >= 0.3 is 0 Å². The third kappa shape index (κ3) is 5.45. The molecule has 0 bridgehead atoms. The van der Waals surface area contributed by atoms with Gasteiger partial charge < -0.3 is 11.1 Å². The Morgan fingerprint density at radius 2 is 2.00 bits per heavy atom. The minimum absolute atomic E-state index is 0. The number of hydrogen-bond acceptors (Lipinski definition) is 3. The van der Waals surface area contributed by atoms with Gasteiger partial charge in [-0.1, -0.05) is 49.7 Å². The average molecular weight is 408 g/mol. The summed E-state index contributed by atoms with van der Waals surface area (Å²) in [6.07, 6.45) is 1.01. The van der Waals surface area contributed by atoms with Gasteiger partial charge in [-0.15, -0.1) is 12.4 Å². The molecule has 1 fully saturated rings. The number of nitrogens with one attached hydrogen (secondary N) is 1. The van der Waals surface area contributed by atoms with E-state index in [1.807, 2.05) is 24.3 Å². The van der Waals surface area contributed by atoms with Crippen molar-refractivity contribution in [3.05, 3.63) is 64.7 Å². The lowest BCUT2D eigenvalue weighted by molar-refractivity contribution is 0.0899. The highest BCUT2D eigenvalue weighted by Crippen LogP contribution is 2.29. The first-order valence-electron chi connectivity index (χ1n) is 8.98. The molecule has 3 rings (SSSR count). The summed E-state index contributed by atoms with van der Waals surface area (Å²) in [4.78, 5) is 14.9. The monoisotopic (exact) mass is 407 g/mol. The fourth-order valence-corrected chi connectivity index (χ4v) is 3.69. The van der Waals surface area contributed by atoms with Crippen molar-refractivity contribution in [2.24, 2.45) is 11.1 Å². The van der Waals surface area contributed by atoms with Gasteiger partial charge in [0.25, 0.3) is 5.91 Å². The molecule has 2 aromatic rings. The fraction of sp³-hybridized carbons (Fsp3) is 0.381. The number of amides is 1. The summed E-state index contributed by atoms with van der Waals surface area (Å²) in [6, 6.07) is 15.3. The normalized spacial score (nSPS) is 19.2. The van der Waals surface area contributed by atoms with Gasteiger partial charge in [-0.05, 0) is 41.7 Å². The van der Waals surface area contributed by atoms with Crippen molar-refractivity contribution in [3.8, 4) is 0 Å². The molecule has 146 valence electrons. The zero-order valence-corrected chi connectivity index (χ0v) is 17.3. The second-order valence-corrected chi connectivity index (χ2v) is 8.14. The van der Waals surface area contributed by atoms with E-state index >= 15 is 0 Å². The molecular weight excluding hydrogens is 381 g/mol. The van der Waals surface area contributed by atoms with Gasteiger partial charge in [0.15, 0.2) is 0 Å². The smallest absolute Gasteiger partial charge is 0.257 e. The summed E-state index contributed by atoms with van der Waals surface area (Å²) in [6.45, 7) is 7.28. The highest BCUT2D eigenvalue weighted by Gasteiger charge is 2.33. The van der Waals surface area contributed by atoms with E-state index in [4.69, 9.17) is 17.3 Å². The van der Waals surface area contributed by atoms with E-state index in [1.54, 1.807) is 18.2 Å². The highest BCUT2D eigenvalue weighted by molar-refractivity contribution is 6.34. The van der Waals surface area contributed by atoms with Crippen molar-refractivity contribution >= 4 is 35.6 Å². The van der Waals surface area contributed by atoms with Crippen molar-refractivity contribution in [3.63, 3.8) is 0 Å². The number of benzene rings is 2. The van der Waals surface area contributed by atoms with Crippen molar-refractivity contribution < 1.29 is 4.79 Å². The molecule has 1 unspecified atom stereocenters. The minimum atomic E-state index is -0.196. The Hall–Kier alpha value is -1.59. The first-order chi connectivity index (χ1) is 12.3. The van der Waals surface area contributed by atoms with Gasteiger partial charge in [0, 0.05) is 31.4 Å². The molecule has 1 atom stereocenters. The summed E-state index contributed by atoms with van der Waals surface area (Å²) in [5.41, 5.74) is 8.78. The van der Waals surface area contributed by atoms with Crippen LogP contribution in [0.15, 0.2) is 48.5 Å². The zero-order valence-electron chi connectivity index (χ0n) is 15.7. The summed E-state index contributed by atoms with van der Waals surface area (Å²) >= 11 is 6.11. The van der Waals surface area contributed by atoms with Crippen molar-refractivity contribution in [1.82, 2.24) is 4.90 Å². The molecule has 3 N–H and O–H groups in total. The van der Waals surface area contributed by atoms with Gasteiger partial charge in [0.1, 0.15) is 0 Å². The van der Waals surface area contributed by atoms with Crippen molar-refractivity contribution in [1.29, 1.82) is 0 Å². The molecule has 1 amide bonds. The average Bonchev–Trinajstić information content (AvgIpc) is 2.58. The predicted molar refractivity (Wildman–Crippen MR) is 115 cm³/mol. The van der Waals surface area contributed by atoms with Crippen molar-refractivity contribution in [2.45, 2.75) is 32.9 Å². The standard InChI is InChI=1S/C21H26ClN3O.ClH/c1-21(2)14-25(11-10-19(21)23)13-15-6-5-7-16(12-15)24-20(26)17-8-3-4-9-18(17)22;/h3-9,12,19H,10-11,13-14,23H2,1-2H3,(H,24,26);1H. The van der Waals surface area contributed by atoms with Crippen LogP contribution < -0.4 is 11.1 Å². The van der Waals surface area contributed by atoms with Gasteiger partial charge in [0.05, 0.1) is 10.6 Å². The largest absolute Gasteiger partial charge is 0.327 e. The van der Waals surface area contributed by atoms with Crippen LogP contribution in [0.3, 0.4) is 0 Å². The second kappa shape index (κ2) is 9.07. The van der Waals surface area contributed by atoms with E-state index in [1.165, 1.54) is 5.56 Å². The van der Waals surface area contributed by atoms with Gasteiger partial charge in [0.2, 0.25) is 0 Å². The first-order valence-corrected chi connectivity index (χ1v) is 9.36. The van der Waals surface area contributed by atoms with E-state index in [0.29, 0.717) is 10.6 Å². The maximum Gasteiger partial charge on any atom is 0.257 e. The van der Waals surface area contributed by atoms with Crippen LogP contribution in [-0.2, 0) is 6.54 Å². The van der Waals surface area contributed by atoms with E-state index < -0.39 is 0 Å². The van der Waals surface area contributed by atoms with Gasteiger partial charge in [-0.3, -0.25) is 9.69 Å². The predicted octanol–water partition coefficient (Wildman–Crippen LogP) is 4.57. The number of nitrogens with zero attached hydrogens (tertiary/aromatic N) is 1. The summed E-state index contributed by atoms with van der Waals surface area (Å²) in [5, 5.41) is 3.39. The molecule has 6 heteroatoms. The lowest BCUT2D eigenvalue weighted by Crippen LogP contribution is -2.52. The number of anilines is 1. The molecule has 4 nitrogen and oxygen atoms in total. The van der Waals surface area contributed by atoms with E-state index in [-0.39, 0.29) is 29.8 Å². The second-order valence-electron chi connectivity index (χ2n) is 7.73. The molecule has 0 radical (unpaired) electrons. The molecule has 27 heavy (non-hydrogen) atoms. The van der Waals surface area contributed by atoms with E-state index in [0.717, 1.165) is 31.7 Å². The van der Waals surface area contributed by atoms with Crippen LogP contribution in [0, 0.1) is 5.41 Å². The third-order valence-electron chi connectivity index (χ3n) is 5.10. The van der Waals surface area contributed by atoms with Crippen LogP contribution in [0.1, 0.15) is 36.2 Å². The summed E-state index contributed by atoms with van der Waals surface area (Å²) < 4.78 is 0. The molecule has 2 aromatic carbocycles. The number of carbonyl (C=O) groups excluding carboxylic acids is 1. The Morgan fingerprint density at radius 1 is 1.26 bits per heavy atom. The quantitative estimate of drug-likeness (QED) is 0.779. The Labute approximate surface area is 172 Å². The van der Waals surface area contributed by atoms with Crippen LogP contribution in [0.2, 0.25) is 5.02 Å². The molecule has 1 heterocycles. The topological polar surface area (TPSA) is 58.4 Å². The number of rotatable bonds is 4. The molecule has 1 aliphatic rings. The molecule has 0 aromatic heterocycles. The molecule has 0 spiro atoms. The Kier molecular flexibility index (Phi) is 7.29. The SMILES string of the molecule is CC1(C)CN(Cc2cccc(NC(=O)c3ccccc3Cl)c2)CCC1N.Cl. The lowest BCUT2D eigenvalue weighted by Gasteiger charge is -2.42. The maximum atomic E-state index is 12.4. The van der Waals surface area contributed by atoms with Crippen LogP contribution in [-0.4, -0.2) is 29.9 Å². The number of likely N-dealkylation sites (tertiary alicyclic amines) is 1. The van der Waals surface area contributed by atoms with Gasteiger partial charge in [-0.25, -0.2) is 0 Å². The van der Waals surface area contributed by atoms with Crippen molar-refractivity contribution in [2.75, 3.05) is 18.4 Å². The lowest BCUT2D eigenvalue weighted by atomic mass is 9.79. The highest BCUT2D eigenvalue weighted by atomic mass is 35.5. The number of halogens is 2. The molecular formula is C21H27Cl2N3O. The molecule has 1 saturated heterocycles. The zero-order chi connectivity index (χ0) is 18.7. The molecule has 0 saturated carbocycles. The van der Waals surface area contributed by atoms with Crippen LogP contribution >= 0.6 is 24.0 Å². The van der Waals surface area contributed by atoms with E-state index in [2.05, 4.69) is 30.1 Å². The third-order valence-corrected chi connectivity index (χ3v) is 5.43.